The van der Waals surface area contributed by atoms with Crippen LogP contribution in [0.4, 0.5) is 0 Å². The van der Waals surface area contributed by atoms with Gasteiger partial charge in [-0.25, -0.2) is 0 Å². The van der Waals surface area contributed by atoms with E-state index in [9.17, 15) is 4.79 Å². The number of carbonyl (C=O) groups excluding carboxylic acids is 1. The molecule has 0 aromatic rings. The molecule has 0 bridgehead atoms. The van der Waals surface area contributed by atoms with E-state index in [0.29, 0.717) is 17.7 Å². The molecule has 1 heterocycles. The van der Waals surface area contributed by atoms with Gasteiger partial charge in [-0.3, -0.25) is 4.79 Å². The number of hydrogen-bond donors (Lipinski definition) is 0. The number of carbonyl (C=O) groups is 1. The van der Waals surface area contributed by atoms with Crippen LogP contribution in [0.15, 0.2) is 0 Å². The molecule has 0 radical (unpaired) electrons. The third kappa shape index (κ3) is 1.72. The Kier molecular flexibility index (Phi) is 2.56. The summed E-state index contributed by atoms with van der Waals surface area (Å²) >= 11 is 0. The Morgan fingerprint density at radius 3 is 2.38 bits per heavy atom. The summed E-state index contributed by atoms with van der Waals surface area (Å²) in [5.74, 6) is 1.50. The molecule has 2 heteroatoms. The normalized spacial score (nSPS) is 31.3. The molecule has 1 atom stereocenters. The van der Waals surface area contributed by atoms with Crippen LogP contribution in [0, 0.1) is 11.8 Å². The van der Waals surface area contributed by atoms with E-state index in [4.69, 9.17) is 0 Å². The molecule has 1 aliphatic heterocycles. The van der Waals surface area contributed by atoms with Gasteiger partial charge in [-0.1, -0.05) is 19.3 Å². The summed E-state index contributed by atoms with van der Waals surface area (Å²) in [4.78, 5) is 13.6. The molecule has 2 aliphatic rings. The predicted molar refractivity (Wildman–Crippen MR) is 52.3 cm³/mol. The molecule has 0 spiro atoms. The highest BCUT2D eigenvalue weighted by Gasteiger charge is 2.35. The van der Waals surface area contributed by atoms with Gasteiger partial charge in [0, 0.05) is 19.5 Å². The van der Waals surface area contributed by atoms with Crippen molar-refractivity contribution < 1.29 is 4.79 Å². The summed E-state index contributed by atoms with van der Waals surface area (Å²) in [6, 6.07) is 0. The number of amides is 1. The fourth-order valence-corrected chi connectivity index (χ4v) is 2.82. The SMILES string of the molecule is CN1CCC(C2CCCCC2)C1=O. The zero-order chi connectivity index (χ0) is 9.26. The van der Waals surface area contributed by atoms with Crippen molar-refractivity contribution >= 4 is 5.91 Å². The second-order valence-corrected chi connectivity index (χ2v) is 4.55. The van der Waals surface area contributed by atoms with E-state index in [-0.39, 0.29) is 0 Å². The third-order valence-electron chi connectivity index (χ3n) is 3.69. The van der Waals surface area contributed by atoms with E-state index in [1.165, 1.54) is 32.1 Å². The Labute approximate surface area is 80.3 Å². The fourth-order valence-electron chi connectivity index (χ4n) is 2.82. The Balaban J connectivity index is 1.96. The minimum absolute atomic E-state index is 0.380. The van der Waals surface area contributed by atoms with Crippen molar-refractivity contribution in [3.8, 4) is 0 Å². The second-order valence-electron chi connectivity index (χ2n) is 4.55. The molecule has 0 aromatic heterocycles. The molecule has 1 aliphatic carbocycles. The molecule has 2 rings (SSSR count). The highest BCUT2D eigenvalue weighted by atomic mass is 16.2. The molecule has 1 amide bonds. The van der Waals surface area contributed by atoms with E-state index in [2.05, 4.69) is 0 Å². The smallest absolute Gasteiger partial charge is 0.225 e. The van der Waals surface area contributed by atoms with Crippen molar-refractivity contribution in [1.82, 2.24) is 4.90 Å². The molecule has 1 saturated heterocycles. The van der Waals surface area contributed by atoms with Crippen LogP contribution in [-0.2, 0) is 4.79 Å². The average molecular weight is 181 g/mol. The van der Waals surface area contributed by atoms with Crippen molar-refractivity contribution in [3.63, 3.8) is 0 Å². The van der Waals surface area contributed by atoms with Crippen LogP contribution in [0.2, 0.25) is 0 Å². The predicted octanol–water partition coefficient (Wildman–Crippen LogP) is 2.04. The minimum atomic E-state index is 0.380. The van der Waals surface area contributed by atoms with Gasteiger partial charge in [-0.2, -0.15) is 0 Å². The van der Waals surface area contributed by atoms with Gasteiger partial charge in [-0.05, 0) is 25.2 Å². The van der Waals surface area contributed by atoms with Crippen LogP contribution in [-0.4, -0.2) is 24.4 Å². The lowest BCUT2D eigenvalue weighted by Gasteiger charge is -2.25. The molecule has 1 unspecified atom stereocenters. The van der Waals surface area contributed by atoms with E-state index >= 15 is 0 Å². The minimum Gasteiger partial charge on any atom is -0.345 e. The van der Waals surface area contributed by atoms with Crippen LogP contribution < -0.4 is 0 Å². The van der Waals surface area contributed by atoms with Gasteiger partial charge >= 0.3 is 0 Å². The van der Waals surface area contributed by atoms with Crippen LogP contribution in [0.1, 0.15) is 38.5 Å². The first-order chi connectivity index (χ1) is 6.29. The summed E-state index contributed by atoms with van der Waals surface area (Å²) in [5, 5.41) is 0. The van der Waals surface area contributed by atoms with Crippen molar-refractivity contribution in [2.45, 2.75) is 38.5 Å². The topological polar surface area (TPSA) is 20.3 Å². The van der Waals surface area contributed by atoms with Crippen molar-refractivity contribution in [2.75, 3.05) is 13.6 Å². The second kappa shape index (κ2) is 3.69. The van der Waals surface area contributed by atoms with Crippen LogP contribution in [0.3, 0.4) is 0 Å². The summed E-state index contributed by atoms with van der Waals surface area (Å²) < 4.78 is 0. The van der Waals surface area contributed by atoms with Gasteiger partial charge in [0.05, 0.1) is 0 Å². The molecule has 13 heavy (non-hydrogen) atoms. The molecular formula is C11H19NO. The first-order valence-electron chi connectivity index (χ1n) is 5.54. The van der Waals surface area contributed by atoms with E-state index in [1.807, 2.05) is 11.9 Å². The van der Waals surface area contributed by atoms with Gasteiger partial charge in [-0.15, -0.1) is 0 Å². The zero-order valence-corrected chi connectivity index (χ0v) is 8.46. The average Bonchev–Trinajstić information content (AvgIpc) is 2.49. The molecule has 2 fully saturated rings. The first kappa shape index (κ1) is 9.04. The van der Waals surface area contributed by atoms with E-state index in [1.54, 1.807) is 0 Å². The molecule has 1 saturated carbocycles. The molecule has 0 N–H and O–H groups in total. The standard InChI is InChI=1S/C11H19NO/c1-12-8-7-10(11(12)13)9-5-3-2-4-6-9/h9-10H,2-8H2,1H3. The van der Waals surface area contributed by atoms with E-state index in [0.717, 1.165) is 13.0 Å². The number of nitrogens with zero attached hydrogens (tertiary/aromatic N) is 1. The third-order valence-corrected chi connectivity index (χ3v) is 3.69. The van der Waals surface area contributed by atoms with Crippen molar-refractivity contribution in [3.05, 3.63) is 0 Å². The van der Waals surface area contributed by atoms with Crippen molar-refractivity contribution in [1.29, 1.82) is 0 Å². The summed E-state index contributed by atoms with van der Waals surface area (Å²) in [7, 11) is 1.94. The Morgan fingerprint density at radius 2 is 1.85 bits per heavy atom. The maximum Gasteiger partial charge on any atom is 0.225 e. The number of likely N-dealkylation sites (tertiary alicyclic amines) is 1. The lowest BCUT2D eigenvalue weighted by molar-refractivity contribution is -0.131. The lowest BCUT2D eigenvalue weighted by atomic mass is 9.79. The molecule has 0 aromatic carbocycles. The maximum atomic E-state index is 11.7. The molecule has 74 valence electrons. The highest BCUT2D eigenvalue weighted by Crippen LogP contribution is 2.35. The monoisotopic (exact) mass is 181 g/mol. The van der Waals surface area contributed by atoms with Crippen molar-refractivity contribution in [2.24, 2.45) is 11.8 Å². The zero-order valence-electron chi connectivity index (χ0n) is 8.46. The Morgan fingerprint density at radius 1 is 1.15 bits per heavy atom. The molecule has 2 nitrogen and oxygen atoms in total. The van der Waals surface area contributed by atoms with E-state index < -0.39 is 0 Å². The van der Waals surface area contributed by atoms with Gasteiger partial charge < -0.3 is 4.90 Å². The Hall–Kier alpha value is -0.530. The number of rotatable bonds is 1. The summed E-state index contributed by atoms with van der Waals surface area (Å²) in [6.07, 6.45) is 7.78. The summed E-state index contributed by atoms with van der Waals surface area (Å²) in [6.45, 7) is 0.986. The summed E-state index contributed by atoms with van der Waals surface area (Å²) in [5.41, 5.74) is 0. The fraction of sp³-hybridized carbons (Fsp3) is 0.909. The van der Waals surface area contributed by atoms with Gasteiger partial charge in [0.15, 0.2) is 0 Å². The maximum absolute atomic E-state index is 11.7. The molecular weight excluding hydrogens is 162 g/mol. The van der Waals surface area contributed by atoms with Gasteiger partial charge in [0.25, 0.3) is 0 Å². The van der Waals surface area contributed by atoms with Crippen LogP contribution in [0.5, 0.6) is 0 Å². The quantitative estimate of drug-likeness (QED) is 0.606. The largest absolute Gasteiger partial charge is 0.345 e. The highest BCUT2D eigenvalue weighted by molar-refractivity contribution is 5.80. The van der Waals surface area contributed by atoms with Gasteiger partial charge in [0.2, 0.25) is 5.91 Å². The number of hydrogen-bond acceptors (Lipinski definition) is 1. The van der Waals surface area contributed by atoms with Gasteiger partial charge in [0.1, 0.15) is 0 Å². The first-order valence-corrected chi connectivity index (χ1v) is 5.54. The Bertz CT molecular complexity index is 196. The van der Waals surface area contributed by atoms with Crippen LogP contribution in [0.25, 0.3) is 0 Å². The van der Waals surface area contributed by atoms with Crippen LogP contribution >= 0.6 is 0 Å². The lowest BCUT2D eigenvalue weighted by Crippen LogP contribution is -2.28.